The SMILES string of the molecule is CCCCCCCCc1ccc(Oc2ccccc2CCCCCCCC)cc1.CCCCCCCCc1ccc(Oc2ccccc2CCCCCCCC)cc1.O=C(O)c1ccccc1C(=O)O. The second-order valence-electron chi connectivity index (χ2n) is 18.9. The second-order valence-corrected chi connectivity index (χ2v) is 18.9. The molecule has 70 heavy (non-hydrogen) atoms. The van der Waals surface area contributed by atoms with Gasteiger partial charge in [0.25, 0.3) is 0 Å². The number of benzene rings is 5. The molecule has 0 amide bonds. The van der Waals surface area contributed by atoms with Crippen molar-refractivity contribution in [3.63, 3.8) is 0 Å². The first-order valence-electron chi connectivity index (χ1n) is 27.5. The van der Waals surface area contributed by atoms with Crippen LogP contribution in [0.15, 0.2) is 121 Å². The molecule has 2 N–H and O–H groups in total. The lowest BCUT2D eigenvalue weighted by Gasteiger charge is -2.12. The van der Waals surface area contributed by atoms with Gasteiger partial charge in [0.15, 0.2) is 0 Å². The van der Waals surface area contributed by atoms with Gasteiger partial charge in [0, 0.05) is 0 Å². The number of aryl methyl sites for hydroxylation is 4. The van der Waals surface area contributed by atoms with E-state index in [0.717, 1.165) is 35.8 Å². The number of carboxylic acids is 2. The van der Waals surface area contributed by atoms with Crippen LogP contribution < -0.4 is 9.47 Å². The quantitative estimate of drug-likeness (QED) is 0.0399. The summed E-state index contributed by atoms with van der Waals surface area (Å²) in [4.78, 5) is 20.9. The second kappa shape index (κ2) is 38.4. The average molecular weight is 955 g/mol. The fourth-order valence-electron chi connectivity index (χ4n) is 8.59. The van der Waals surface area contributed by atoms with Crippen molar-refractivity contribution in [2.24, 2.45) is 0 Å². The topological polar surface area (TPSA) is 93.1 Å². The number of carboxylic acid groups (broad SMARTS) is 2. The number of rotatable bonds is 34. The minimum Gasteiger partial charge on any atom is -0.478 e. The van der Waals surface area contributed by atoms with Gasteiger partial charge in [-0.3, -0.25) is 0 Å². The van der Waals surface area contributed by atoms with Crippen LogP contribution >= 0.6 is 0 Å². The lowest BCUT2D eigenvalue weighted by Crippen LogP contribution is -2.06. The highest BCUT2D eigenvalue weighted by molar-refractivity contribution is 6.01. The number of hydrogen-bond donors (Lipinski definition) is 2. The van der Waals surface area contributed by atoms with E-state index in [0.29, 0.717) is 0 Å². The molecule has 6 nitrogen and oxygen atoms in total. The summed E-state index contributed by atoms with van der Waals surface area (Å²) in [6, 6.07) is 40.0. The Bertz CT molecular complexity index is 1940. The van der Waals surface area contributed by atoms with E-state index in [4.69, 9.17) is 19.7 Å². The highest BCUT2D eigenvalue weighted by atomic mass is 16.5. The molecule has 5 rings (SSSR count). The number of para-hydroxylation sites is 2. The molecule has 0 heterocycles. The fourth-order valence-corrected chi connectivity index (χ4v) is 8.59. The van der Waals surface area contributed by atoms with Crippen molar-refractivity contribution in [1.82, 2.24) is 0 Å². The van der Waals surface area contributed by atoms with Gasteiger partial charge < -0.3 is 19.7 Å². The maximum atomic E-state index is 10.5. The Kier molecular flexibility index (Phi) is 32.3. The Hall–Kier alpha value is -5.36. The summed E-state index contributed by atoms with van der Waals surface area (Å²) in [6.45, 7) is 9.09. The fraction of sp³-hybridized carbons (Fsp3) is 0.500. The average Bonchev–Trinajstić information content (AvgIpc) is 3.38. The third kappa shape index (κ3) is 26.0. The van der Waals surface area contributed by atoms with Crippen molar-refractivity contribution < 1.29 is 29.3 Å². The van der Waals surface area contributed by atoms with E-state index in [2.05, 4.69) is 125 Å². The zero-order valence-electron chi connectivity index (χ0n) is 43.9. The highest BCUT2D eigenvalue weighted by Gasteiger charge is 2.14. The zero-order chi connectivity index (χ0) is 50.3. The third-order valence-corrected chi connectivity index (χ3v) is 12.9. The molecule has 6 heteroatoms. The van der Waals surface area contributed by atoms with Crippen molar-refractivity contribution in [3.05, 3.63) is 155 Å². The maximum absolute atomic E-state index is 10.5. The summed E-state index contributed by atoms with van der Waals surface area (Å²) in [5, 5.41) is 17.1. The van der Waals surface area contributed by atoms with Crippen LogP contribution in [0.2, 0.25) is 0 Å². The molecule has 0 unspecified atom stereocenters. The van der Waals surface area contributed by atoms with Gasteiger partial charge in [-0.25, -0.2) is 9.59 Å². The number of carbonyl (C=O) groups is 2. The molecule has 5 aromatic carbocycles. The lowest BCUT2D eigenvalue weighted by atomic mass is 10.0. The molecule has 0 aliphatic rings. The molecule has 0 radical (unpaired) electrons. The van der Waals surface area contributed by atoms with Gasteiger partial charge >= 0.3 is 11.9 Å². The first kappa shape index (κ1) is 59.0. The van der Waals surface area contributed by atoms with Gasteiger partial charge in [-0.2, -0.15) is 0 Å². The van der Waals surface area contributed by atoms with E-state index < -0.39 is 11.9 Å². The minimum absolute atomic E-state index is 0.190. The summed E-state index contributed by atoms with van der Waals surface area (Å²) in [7, 11) is 0. The van der Waals surface area contributed by atoms with E-state index in [1.54, 1.807) is 0 Å². The highest BCUT2D eigenvalue weighted by Crippen LogP contribution is 2.29. The summed E-state index contributed by atoms with van der Waals surface area (Å²) >= 11 is 0. The predicted octanol–water partition coefficient (Wildman–Crippen LogP) is 19.7. The van der Waals surface area contributed by atoms with Crippen molar-refractivity contribution in [1.29, 1.82) is 0 Å². The lowest BCUT2D eigenvalue weighted by molar-refractivity contribution is 0.0651. The molecule has 0 aliphatic heterocycles. The third-order valence-electron chi connectivity index (χ3n) is 12.9. The Morgan fingerprint density at radius 2 is 0.600 bits per heavy atom. The first-order valence-corrected chi connectivity index (χ1v) is 27.5. The molecule has 0 aliphatic carbocycles. The van der Waals surface area contributed by atoms with Gasteiger partial charge in [-0.1, -0.05) is 229 Å². The van der Waals surface area contributed by atoms with Crippen LogP contribution in [0.25, 0.3) is 0 Å². The number of aromatic carboxylic acids is 2. The van der Waals surface area contributed by atoms with E-state index in [1.165, 1.54) is 213 Å². The Labute approximate surface area is 424 Å². The smallest absolute Gasteiger partial charge is 0.336 e. The molecular formula is C64H90O6. The maximum Gasteiger partial charge on any atom is 0.336 e. The van der Waals surface area contributed by atoms with Crippen molar-refractivity contribution in [2.75, 3.05) is 0 Å². The number of unbranched alkanes of at least 4 members (excludes halogenated alkanes) is 20. The largest absolute Gasteiger partial charge is 0.478 e. The predicted molar refractivity (Wildman–Crippen MR) is 295 cm³/mol. The van der Waals surface area contributed by atoms with Crippen LogP contribution in [-0.2, 0) is 25.7 Å². The van der Waals surface area contributed by atoms with Crippen molar-refractivity contribution >= 4 is 11.9 Å². The molecule has 0 bridgehead atoms. The van der Waals surface area contributed by atoms with Crippen LogP contribution in [0.3, 0.4) is 0 Å². The summed E-state index contributed by atoms with van der Waals surface area (Å²) in [5.74, 6) is 1.48. The molecule has 382 valence electrons. The summed E-state index contributed by atoms with van der Waals surface area (Å²) < 4.78 is 12.5. The summed E-state index contributed by atoms with van der Waals surface area (Å²) in [6.07, 6.45) is 36.8. The number of ether oxygens (including phenoxy) is 2. The Morgan fingerprint density at radius 1 is 0.329 bits per heavy atom. The Morgan fingerprint density at radius 3 is 0.914 bits per heavy atom. The molecule has 0 fully saturated rings. The normalized spacial score (nSPS) is 10.7. The molecule has 5 aromatic rings. The van der Waals surface area contributed by atoms with Gasteiger partial charge in [0.05, 0.1) is 11.1 Å². The van der Waals surface area contributed by atoms with Gasteiger partial charge in [0.1, 0.15) is 23.0 Å². The van der Waals surface area contributed by atoms with E-state index in [9.17, 15) is 9.59 Å². The molecule has 0 spiro atoms. The van der Waals surface area contributed by atoms with Gasteiger partial charge in [-0.15, -0.1) is 0 Å². The molecule has 0 aromatic heterocycles. The Balaban J connectivity index is 0.000000301. The van der Waals surface area contributed by atoms with E-state index in [-0.39, 0.29) is 11.1 Å². The van der Waals surface area contributed by atoms with Crippen molar-refractivity contribution in [3.8, 4) is 23.0 Å². The van der Waals surface area contributed by atoms with Crippen molar-refractivity contribution in [2.45, 2.75) is 207 Å². The number of hydrogen-bond acceptors (Lipinski definition) is 4. The van der Waals surface area contributed by atoms with Gasteiger partial charge in [-0.05, 0) is 122 Å². The molecular weight excluding hydrogens is 865 g/mol. The van der Waals surface area contributed by atoms with E-state index >= 15 is 0 Å². The van der Waals surface area contributed by atoms with Crippen LogP contribution in [0.1, 0.15) is 225 Å². The molecule has 0 saturated carbocycles. The van der Waals surface area contributed by atoms with Crippen LogP contribution in [0, 0.1) is 0 Å². The zero-order valence-corrected chi connectivity index (χ0v) is 43.9. The molecule has 0 saturated heterocycles. The summed E-state index contributed by atoms with van der Waals surface area (Å²) in [5.41, 5.74) is 5.13. The first-order chi connectivity index (χ1) is 34.3. The monoisotopic (exact) mass is 955 g/mol. The minimum atomic E-state index is -1.23. The van der Waals surface area contributed by atoms with E-state index in [1.807, 2.05) is 0 Å². The van der Waals surface area contributed by atoms with Crippen LogP contribution in [0.5, 0.6) is 23.0 Å². The standard InChI is InChI=1S/2C28H42O.C8H6O4/c2*1-3-5-7-9-11-13-17-25-21-23-27(24-22-25)29-28-20-16-15-19-26(28)18-14-12-10-8-6-4-2;9-7(10)5-3-1-2-4-6(5)8(11)12/h2*15-16,19-24H,3-14,17-18H2,1-2H3;1-4H,(H,9,10)(H,11,12). The van der Waals surface area contributed by atoms with Crippen LogP contribution in [0.4, 0.5) is 0 Å². The van der Waals surface area contributed by atoms with Gasteiger partial charge in [0.2, 0.25) is 0 Å². The van der Waals surface area contributed by atoms with Crippen LogP contribution in [-0.4, -0.2) is 22.2 Å². The molecule has 0 atom stereocenters.